The molecule has 0 saturated carbocycles. The number of aliphatic carboxylic acids is 1. The minimum atomic E-state index is -0.727. The highest BCUT2D eigenvalue weighted by Crippen LogP contribution is 2.21. The van der Waals surface area contributed by atoms with Gasteiger partial charge in [-0.1, -0.05) is 33.6 Å². The molecule has 1 aliphatic rings. The van der Waals surface area contributed by atoms with Gasteiger partial charge < -0.3 is 15.3 Å². The zero-order valence-corrected chi connectivity index (χ0v) is 12.7. The van der Waals surface area contributed by atoms with E-state index in [1.165, 1.54) is 25.7 Å². The first-order valence-corrected chi connectivity index (χ1v) is 7.74. The normalized spacial score (nSPS) is 19.8. The van der Waals surface area contributed by atoms with Gasteiger partial charge in [0.05, 0.1) is 0 Å². The van der Waals surface area contributed by atoms with E-state index in [0.717, 1.165) is 25.6 Å². The standard InChI is InChI=1S/C15H30N2O2/c1-4-5-13-6-9-17(10-7-13)11-8-14(15(18)19)16-12(2)3/h12-14,16H,4-11H2,1-3H3,(H,18,19). The van der Waals surface area contributed by atoms with Crippen molar-refractivity contribution in [2.24, 2.45) is 5.92 Å². The number of carbonyl (C=O) groups is 1. The molecule has 0 amide bonds. The van der Waals surface area contributed by atoms with Gasteiger partial charge in [-0.3, -0.25) is 4.79 Å². The summed E-state index contributed by atoms with van der Waals surface area (Å²) in [5.74, 6) is 0.167. The van der Waals surface area contributed by atoms with E-state index in [0.29, 0.717) is 6.42 Å². The molecule has 2 N–H and O–H groups in total. The van der Waals surface area contributed by atoms with Gasteiger partial charge >= 0.3 is 5.97 Å². The summed E-state index contributed by atoms with van der Waals surface area (Å²) in [6.45, 7) is 9.41. The van der Waals surface area contributed by atoms with Crippen LogP contribution in [0.1, 0.15) is 52.9 Å². The fraction of sp³-hybridized carbons (Fsp3) is 0.933. The molecule has 4 heteroatoms. The van der Waals surface area contributed by atoms with Crippen LogP contribution in [0, 0.1) is 5.92 Å². The number of likely N-dealkylation sites (tertiary alicyclic amines) is 1. The maximum absolute atomic E-state index is 11.2. The summed E-state index contributed by atoms with van der Waals surface area (Å²) in [6.07, 6.45) is 5.89. The van der Waals surface area contributed by atoms with Crippen molar-refractivity contribution in [2.45, 2.75) is 65.0 Å². The van der Waals surface area contributed by atoms with Gasteiger partial charge in [0.15, 0.2) is 0 Å². The third-order valence-corrected chi connectivity index (χ3v) is 3.97. The maximum Gasteiger partial charge on any atom is 0.320 e. The zero-order valence-electron chi connectivity index (χ0n) is 12.7. The Morgan fingerprint density at radius 3 is 2.47 bits per heavy atom. The molecule has 1 saturated heterocycles. The number of carboxylic acids is 1. The van der Waals surface area contributed by atoms with Crippen LogP contribution in [0.3, 0.4) is 0 Å². The molecule has 1 aliphatic heterocycles. The fourth-order valence-electron chi connectivity index (χ4n) is 2.90. The van der Waals surface area contributed by atoms with Crippen LogP contribution in [0.2, 0.25) is 0 Å². The summed E-state index contributed by atoms with van der Waals surface area (Å²) in [4.78, 5) is 13.6. The molecule has 0 spiro atoms. The summed E-state index contributed by atoms with van der Waals surface area (Å²) in [5, 5.41) is 12.3. The van der Waals surface area contributed by atoms with Crippen LogP contribution in [0.25, 0.3) is 0 Å². The highest BCUT2D eigenvalue weighted by atomic mass is 16.4. The van der Waals surface area contributed by atoms with E-state index in [4.69, 9.17) is 0 Å². The van der Waals surface area contributed by atoms with Gasteiger partial charge in [0.2, 0.25) is 0 Å². The van der Waals surface area contributed by atoms with Gasteiger partial charge in [-0.15, -0.1) is 0 Å². The minimum Gasteiger partial charge on any atom is -0.480 e. The van der Waals surface area contributed by atoms with Crippen LogP contribution < -0.4 is 5.32 Å². The molecule has 0 aromatic rings. The molecular formula is C15H30N2O2. The Labute approximate surface area is 117 Å². The first kappa shape index (κ1) is 16.4. The Balaban J connectivity index is 2.26. The van der Waals surface area contributed by atoms with Crippen molar-refractivity contribution < 1.29 is 9.90 Å². The lowest BCUT2D eigenvalue weighted by Crippen LogP contribution is -2.44. The lowest BCUT2D eigenvalue weighted by molar-refractivity contribution is -0.140. The molecule has 1 atom stereocenters. The Morgan fingerprint density at radius 1 is 1.37 bits per heavy atom. The molecule has 0 aromatic heterocycles. The number of rotatable bonds is 8. The van der Waals surface area contributed by atoms with Crippen molar-refractivity contribution >= 4 is 5.97 Å². The summed E-state index contributed by atoms with van der Waals surface area (Å²) < 4.78 is 0. The third kappa shape index (κ3) is 6.39. The van der Waals surface area contributed by atoms with E-state index < -0.39 is 12.0 Å². The number of hydrogen-bond donors (Lipinski definition) is 2. The van der Waals surface area contributed by atoms with Gasteiger partial charge in [-0.25, -0.2) is 0 Å². The summed E-state index contributed by atoms with van der Waals surface area (Å²) in [6, 6.07) is -0.190. The molecule has 0 aliphatic carbocycles. The molecule has 112 valence electrons. The van der Waals surface area contributed by atoms with Crippen LogP contribution >= 0.6 is 0 Å². The lowest BCUT2D eigenvalue weighted by atomic mass is 9.92. The molecular weight excluding hydrogens is 240 g/mol. The SMILES string of the molecule is CCCC1CCN(CCC(NC(C)C)C(=O)O)CC1. The van der Waals surface area contributed by atoms with Crippen molar-refractivity contribution in [1.29, 1.82) is 0 Å². The van der Waals surface area contributed by atoms with E-state index in [-0.39, 0.29) is 6.04 Å². The van der Waals surface area contributed by atoms with Gasteiger partial charge in [-0.05, 0) is 38.3 Å². The van der Waals surface area contributed by atoms with Crippen LogP contribution in [-0.2, 0) is 4.79 Å². The smallest absolute Gasteiger partial charge is 0.320 e. The van der Waals surface area contributed by atoms with E-state index in [9.17, 15) is 9.90 Å². The van der Waals surface area contributed by atoms with E-state index in [1.54, 1.807) is 0 Å². The van der Waals surface area contributed by atoms with Crippen molar-refractivity contribution in [2.75, 3.05) is 19.6 Å². The predicted molar refractivity (Wildman–Crippen MR) is 78.4 cm³/mol. The molecule has 19 heavy (non-hydrogen) atoms. The molecule has 1 fully saturated rings. The number of piperidine rings is 1. The number of nitrogens with one attached hydrogen (secondary N) is 1. The topological polar surface area (TPSA) is 52.6 Å². The zero-order chi connectivity index (χ0) is 14.3. The lowest BCUT2D eigenvalue weighted by Gasteiger charge is -2.32. The summed E-state index contributed by atoms with van der Waals surface area (Å²) in [7, 11) is 0. The first-order valence-electron chi connectivity index (χ1n) is 7.74. The van der Waals surface area contributed by atoms with E-state index >= 15 is 0 Å². The van der Waals surface area contributed by atoms with Crippen molar-refractivity contribution in [3.63, 3.8) is 0 Å². The maximum atomic E-state index is 11.2. The van der Waals surface area contributed by atoms with E-state index in [1.807, 2.05) is 13.8 Å². The van der Waals surface area contributed by atoms with Gasteiger partial charge in [-0.2, -0.15) is 0 Å². The van der Waals surface area contributed by atoms with Gasteiger partial charge in [0, 0.05) is 12.6 Å². The third-order valence-electron chi connectivity index (χ3n) is 3.97. The fourth-order valence-corrected chi connectivity index (χ4v) is 2.90. The highest BCUT2D eigenvalue weighted by Gasteiger charge is 2.22. The average Bonchev–Trinajstić information content (AvgIpc) is 2.36. The average molecular weight is 270 g/mol. The second kappa shape index (κ2) is 8.54. The molecule has 0 radical (unpaired) electrons. The summed E-state index contributed by atoms with van der Waals surface area (Å²) in [5.41, 5.74) is 0. The Bertz CT molecular complexity index is 261. The van der Waals surface area contributed by atoms with Gasteiger partial charge in [0.25, 0.3) is 0 Å². The largest absolute Gasteiger partial charge is 0.480 e. The Morgan fingerprint density at radius 2 is 2.00 bits per heavy atom. The van der Waals surface area contributed by atoms with E-state index in [2.05, 4.69) is 17.1 Å². The Hall–Kier alpha value is -0.610. The van der Waals surface area contributed by atoms with Crippen molar-refractivity contribution in [1.82, 2.24) is 10.2 Å². The molecule has 0 aromatic carbocycles. The number of carboxylic acid groups (broad SMARTS) is 1. The molecule has 4 nitrogen and oxygen atoms in total. The second-order valence-corrected chi connectivity index (χ2v) is 6.07. The second-order valence-electron chi connectivity index (χ2n) is 6.07. The molecule has 0 bridgehead atoms. The molecule has 1 unspecified atom stereocenters. The summed E-state index contributed by atoms with van der Waals surface area (Å²) >= 11 is 0. The van der Waals surface area contributed by atoms with Crippen molar-refractivity contribution in [3.8, 4) is 0 Å². The predicted octanol–water partition coefficient (Wildman–Crippen LogP) is 2.34. The van der Waals surface area contributed by atoms with Crippen LogP contribution in [0.4, 0.5) is 0 Å². The molecule has 1 heterocycles. The first-order chi connectivity index (χ1) is 9.02. The number of hydrogen-bond acceptors (Lipinski definition) is 3. The van der Waals surface area contributed by atoms with Crippen LogP contribution in [0.5, 0.6) is 0 Å². The van der Waals surface area contributed by atoms with Crippen molar-refractivity contribution in [3.05, 3.63) is 0 Å². The highest BCUT2D eigenvalue weighted by molar-refractivity contribution is 5.73. The minimum absolute atomic E-state index is 0.219. The Kier molecular flexibility index (Phi) is 7.39. The monoisotopic (exact) mass is 270 g/mol. The molecule has 1 rings (SSSR count). The van der Waals surface area contributed by atoms with Crippen LogP contribution in [-0.4, -0.2) is 47.7 Å². The van der Waals surface area contributed by atoms with Gasteiger partial charge in [0.1, 0.15) is 6.04 Å². The van der Waals surface area contributed by atoms with Crippen LogP contribution in [0.15, 0.2) is 0 Å². The quantitative estimate of drug-likeness (QED) is 0.711. The number of nitrogens with zero attached hydrogens (tertiary/aromatic N) is 1.